The lowest BCUT2D eigenvalue weighted by atomic mass is 10.1. The predicted molar refractivity (Wildman–Crippen MR) is 73.5 cm³/mol. The van der Waals surface area contributed by atoms with Crippen LogP contribution in [0.25, 0.3) is 0 Å². The summed E-state index contributed by atoms with van der Waals surface area (Å²) in [6.07, 6.45) is 5.09. The fourth-order valence-electron chi connectivity index (χ4n) is 2.94. The second kappa shape index (κ2) is 5.04. The molecular weight excluding hydrogens is 226 g/mol. The van der Waals surface area contributed by atoms with E-state index in [1.165, 1.54) is 0 Å². The van der Waals surface area contributed by atoms with Crippen LogP contribution in [0.15, 0.2) is 12.3 Å². The number of nitrogens with two attached hydrogens (primary N) is 1. The van der Waals surface area contributed by atoms with Gasteiger partial charge >= 0.3 is 0 Å². The summed E-state index contributed by atoms with van der Waals surface area (Å²) < 4.78 is 1.94. The average Bonchev–Trinajstić information content (AvgIpc) is 2.91. The van der Waals surface area contributed by atoms with Gasteiger partial charge in [-0.15, -0.1) is 0 Å². The summed E-state index contributed by atoms with van der Waals surface area (Å²) in [5.41, 5.74) is 7.19. The van der Waals surface area contributed by atoms with Crippen molar-refractivity contribution in [3.63, 3.8) is 0 Å². The van der Waals surface area contributed by atoms with Gasteiger partial charge in [0.15, 0.2) is 0 Å². The van der Waals surface area contributed by atoms with E-state index in [1.54, 1.807) is 6.07 Å². The van der Waals surface area contributed by atoms with Gasteiger partial charge in [-0.25, -0.2) is 0 Å². The van der Waals surface area contributed by atoms with E-state index in [2.05, 4.69) is 13.8 Å². The first-order valence-electron chi connectivity index (χ1n) is 6.86. The highest BCUT2D eigenvalue weighted by atomic mass is 16.2. The van der Waals surface area contributed by atoms with E-state index in [-0.39, 0.29) is 5.91 Å². The highest BCUT2D eigenvalue weighted by Crippen LogP contribution is 2.28. The molecule has 1 aromatic rings. The van der Waals surface area contributed by atoms with Crippen LogP contribution in [-0.2, 0) is 6.54 Å². The average molecular weight is 249 g/mol. The SMILES string of the molecule is CCC1CCC(C)N1C(=O)c1cc(N)cn1CC. The monoisotopic (exact) mass is 249 g/mol. The van der Waals surface area contributed by atoms with Gasteiger partial charge in [-0.3, -0.25) is 4.79 Å². The summed E-state index contributed by atoms with van der Waals surface area (Å²) in [6, 6.07) is 2.52. The molecule has 0 saturated carbocycles. The summed E-state index contributed by atoms with van der Waals surface area (Å²) in [4.78, 5) is 14.7. The number of carbonyl (C=O) groups is 1. The van der Waals surface area contributed by atoms with Crippen LogP contribution in [0.4, 0.5) is 5.69 Å². The first-order valence-corrected chi connectivity index (χ1v) is 6.86. The topological polar surface area (TPSA) is 51.3 Å². The Bertz CT molecular complexity index is 438. The maximum absolute atomic E-state index is 12.7. The number of aromatic nitrogens is 1. The maximum Gasteiger partial charge on any atom is 0.271 e. The van der Waals surface area contributed by atoms with Crippen LogP contribution in [0, 0.1) is 0 Å². The highest BCUT2D eigenvalue weighted by Gasteiger charge is 2.34. The van der Waals surface area contributed by atoms with Gasteiger partial charge in [-0.1, -0.05) is 6.92 Å². The van der Waals surface area contributed by atoms with E-state index in [1.807, 2.05) is 22.6 Å². The van der Waals surface area contributed by atoms with Crippen molar-refractivity contribution in [1.29, 1.82) is 0 Å². The maximum atomic E-state index is 12.7. The zero-order valence-corrected chi connectivity index (χ0v) is 11.5. The van der Waals surface area contributed by atoms with Crippen molar-refractivity contribution in [3.8, 4) is 0 Å². The Hall–Kier alpha value is -1.45. The molecule has 2 heterocycles. The molecule has 0 aliphatic carbocycles. The molecule has 1 aliphatic heterocycles. The number of anilines is 1. The number of carbonyl (C=O) groups excluding carboxylic acids is 1. The number of nitrogens with zero attached hydrogens (tertiary/aromatic N) is 2. The summed E-state index contributed by atoms with van der Waals surface area (Å²) in [7, 11) is 0. The molecule has 2 N–H and O–H groups in total. The van der Waals surface area contributed by atoms with Gasteiger partial charge in [0.25, 0.3) is 5.91 Å². The van der Waals surface area contributed by atoms with E-state index in [0.29, 0.717) is 17.8 Å². The standard InChI is InChI=1S/C14H23N3O/c1-4-12-7-6-10(3)17(12)14(18)13-8-11(15)9-16(13)5-2/h8-10,12H,4-7,15H2,1-3H3. The Morgan fingerprint density at radius 1 is 1.44 bits per heavy atom. The molecule has 2 rings (SSSR count). The van der Waals surface area contributed by atoms with Crippen molar-refractivity contribution >= 4 is 11.6 Å². The third-order valence-electron chi connectivity index (χ3n) is 3.97. The van der Waals surface area contributed by atoms with Crippen molar-refractivity contribution in [2.24, 2.45) is 0 Å². The fourth-order valence-corrected chi connectivity index (χ4v) is 2.94. The Balaban J connectivity index is 2.29. The summed E-state index contributed by atoms with van der Waals surface area (Å²) >= 11 is 0. The highest BCUT2D eigenvalue weighted by molar-refractivity contribution is 5.94. The van der Waals surface area contributed by atoms with Gasteiger partial charge in [-0.2, -0.15) is 0 Å². The summed E-state index contributed by atoms with van der Waals surface area (Å²) in [5.74, 6) is 0.130. The Kier molecular flexibility index (Phi) is 3.64. The van der Waals surface area contributed by atoms with Crippen molar-refractivity contribution in [2.45, 2.75) is 58.7 Å². The van der Waals surface area contributed by atoms with Crippen LogP contribution < -0.4 is 5.73 Å². The van der Waals surface area contributed by atoms with E-state index in [0.717, 1.165) is 31.5 Å². The summed E-state index contributed by atoms with van der Waals surface area (Å²) in [6.45, 7) is 7.09. The quantitative estimate of drug-likeness (QED) is 0.894. The van der Waals surface area contributed by atoms with Crippen LogP contribution in [0.1, 0.15) is 50.5 Å². The van der Waals surface area contributed by atoms with Crippen LogP contribution in [0.3, 0.4) is 0 Å². The van der Waals surface area contributed by atoms with Crippen molar-refractivity contribution in [3.05, 3.63) is 18.0 Å². The number of hydrogen-bond acceptors (Lipinski definition) is 2. The second-order valence-corrected chi connectivity index (χ2v) is 5.15. The number of aryl methyl sites for hydroxylation is 1. The van der Waals surface area contributed by atoms with Gasteiger partial charge < -0.3 is 15.2 Å². The van der Waals surface area contributed by atoms with Crippen LogP contribution in [0.5, 0.6) is 0 Å². The molecule has 0 bridgehead atoms. The van der Waals surface area contributed by atoms with Gasteiger partial charge in [-0.05, 0) is 39.2 Å². The van der Waals surface area contributed by atoms with E-state index < -0.39 is 0 Å². The van der Waals surface area contributed by atoms with E-state index >= 15 is 0 Å². The second-order valence-electron chi connectivity index (χ2n) is 5.15. The minimum atomic E-state index is 0.130. The number of hydrogen-bond donors (Lipinski definition) is 1. The number of likely N-dealkylation sites (tertiary alicyclic amines) is 1. The Labute approximate surface area is 109 Å². The molecular formula is C14H23N3O. The number of nitrogen functional groups attached to an aromatic ring is 1. The van der Waals surface area contributed by atoms with Crippen LogP contribution in [0.2, 0.25) is 0 Å². The molecule has 0 aromatic carbocycles. The molecule has 100 valence electrons. The number of rotatable bonds is 3. The third-order valence-corrected chi connectivity index (χ3v) is 3.97. The smallest absolute Gasteiger partial charge is 0.271 e. The van der Waals surface area contributed by atoms with Crippen molar-refractivity contribution in [2.75, 3.05) is 5.73 Å². The van der Waals surface area contributed by atoms with Crippen molar-refractivity contribution < 1.29 is 4.79 Å². The molecule has 0 spiro atoms. The summed E-state index contributed by atoms with van der Waals surface area (Å²) in [5, 5.41) is 0. The molecule has 4 heteroatoms. The van der Waals surface area contributed by atoms with Crippen LogP contribution in [-0.4, -0.2) is 27.5 Å². The molecule has 1 aromatic heterocycles. The first kappa shape index (κ1) is 13.0. The van der Waals surface area contributed by atoms with Gasteiger partial charge in [0, 0.05) is 24.8 Å². The predicted octanol–water partition coefficient (Wildman–Crippen LogP) is 2.49. The molecule has 2 atom stereocenters. The first-order chi connectivity index (χ1) is 8.58. The molecule has 1 amide bonds. The fraction of sp³-hybridized carbons (Fsp3) is 0.643. The van der Waals surface area contributed by atoms with E-state index in [4.69, 9.17) is 5.73 Å². The van der Waals surface area contributed by atoms with Gasteiger partial charge in [0.2, 0.25) is 0 Å². The Morgan fingerprint density at radius 3 is 2.78 bits per heavy atom. The molecule has 4 nitrogen and oxygen atoms in total. The molecule has 2 unspecified atom stereocenters. The molecule has 1 saturated heterocycles. The number of amides is 1. The van der Waals surface area contributed by atoms with Gasteiger partial charge in [0.1, 0.15) is 5.69 Å². The lowest BCUT2D eigenvalue weighted by Crippen LogP contribution is -2.40. The van der Waals surface area contributed by atoms with Gasteiger partial charge in [0.05, 0.1) is 5.69 Å². The van der Waals surface area contributed by atoms with Crippen molar-refractivity contribution in [1.82, 2.24) is 9.47 Å². The third kappa shape index (κ3) is 2.11. The minimum Gasteiger partial charge on any atom is -0.397 e. The minimum absolute atomic E-state index is 0.130. The van der Waals surface area contributed by atoms with E-state index in [9.17, 15) is 4.79 Å². The molecule has 18 heavy (non-hydrogen) atoms. The lowest BCUT2D eigenvalue weighted by Gasteiger charge is -2.28. The molecule has 1 fully saturated rings. The lowest BCUT2D eigenvalue weighted by molar-refractivity contribution is 0.0665. The molecule has 0 radical (unpaired) electrons. The van der Waals surface area contributed by atoms with Crippen LogP contribution >= 0.6 is 0 Å². The zero-order chi connectivity index (χ0) is 13.3. The molecule has 1 aliphatic rings. The largest absolute Gasteiger partial charge is 0.397 e. The Morgan fingerprint density at radius 2 is 2.17 bits per heavy atom. The zero-order valence-electron chi connectivity index (χ0n) is 11.5. The normalized spacial score (nSPS) is 23.6.